The molecule has 0 heterocycles. The summed E-state index contributed by atoms with van der Waals surface area (Å²) in [6.07, 6.45) is 3.67. The van der Waals surface area contributed by atoms with E-state index in [4.69, 9.17) is 11.6 Å². The van der Waals surface area contributed by atoms with Crippen LogP contribution < -0.4 is 0 Å². The molecule has 1 fully saturated rings. The van der Waals surface area contributed by atoms with Crippen molar-refractivity contribution >= 4 is 27.5 Å². The van der Waals surface area contributed by atoms with Gasteiger partial charge >= 0.3 is 0 Å². The average molecular weight is 278 g/mol. The third kappa shape index (κ3) is 1.96. The zero-order chi connectivity index (χ0) is 10.1. The summed E-state index contributed by atoms with van der Waals surface area (Å²) >= 11 is 9.46. The van der Waals surface area contributed by atoms with Crippen molar-refractivity contribution in [3.63, 3.8) is 0 Å². The van der Waals surface area contributed by atoms with Gasteiger partial charge in [-0.2, -0.15) is 0 Å². The van der Waals surface area contributed by atoms with Crippen LogP contribution in [0.25, 0.3) is 0 Å². The van der Waals surface area contributed by atoms with Crippen molar-refractivity contribution < 1.29 is 4.39 Å². The lowest BCUT2D eigenvalue weighted by Gasteiger charge is -2.30. The fourth-order valence-electron chi connectivity index (χ4n) is 1.69. The van der Waals surface area contributed by atoms with Gasteiger partial charge in [0.1, 0.15) is 5.82 Å². The van der Waals surface area contributed by atoms with E-state index < -0.39 is 0 Å². The molecule has 0 aliphatic heterocycles. The highest BCUT2D eigenvalue weighted by Crippen LogP contribution is 2.42. The molecule has 1 unspecified atom stereocenters. The summed E-state index contributed by atoms with van der Waals surface area (Å²) in [5.41, 5.74) is 1.02. The zero-order valence-corrected chi connectivity index (χ0v) is 9.98. The molecule has 2 rings (SSSR count). The zero-order valence-electron chi connectivity index (χ0n) is 7.64. The highest BCUT2D eigenvalue weighted by molar-refractivity contribution is 9.10. The van der Waals surface area contributed by atoms with Gasteiger partial charge in [-0.05, 0) is 52.4 Å². The van der Waals surface area contributed by atoms with Gasteiger partial charge in [0.2, 0.25) is 0 Å². The smallest absolute Gasteiger partial charge is 0.137 e. The minimum atomic E-state index is -0.230. The summed E-state index contributed by atoms with van der Waals surface area (Å²) in [6.45, 7) is 0. The lowest BCUT2D eigenvalue weighted by molar-refractivity contribution is 0.305. The van der Waals surface area contributed by atoms with Crippen molar-refractivity contribution in [2.75, 3.05) is 0 Å². The molecule has 1 saturated carbocycles. The second-order valence-electron chi connectivity index (χ2n) is 3.77. The molecule has 0 N–H and O–H groups in total. The van der Waals surface area contributed by atoms with E-state index in [0.717, 1.165) is 5.56 Å². The van der Waals surface area contributed by atoms with Crippen LogP contribution in [0.3, 0.4) is 0 Å². The molecule has 1 aromatic rings. The Kier molecular flexibility index (Phi) is 3.13. The Balaban J connectivity index is 2.18. The topological polar surface area (TPSA) is 0 Å². The second kappa shape index (κ2) is 4.19. The maximum absolute atomic E-state index is 13.0. The molecule has 0 spiro atoms. The molecule has 1 aliphatic carbocycles. The van der Waals surface area contributed by atoms with E-state index in [9.17, 15) is 4.39 Å². The van der Waals surface area contributed by atoms with Gasteiger partial charge in [-0.1, -0.05) is 12.5 Å². The second-order valence-corrected chi connectivity index (χ2v) is 5.09. The molecule has 76 valence electrons. The SMILES string of the molecule is Fc1ccc(C(Cl)C2CCC2)cc1Br. The van der Waals surface area contributed by atoms with Crippen LogP contribution in [-0.2, 0) is 0 Å². The summed E-state index contributed by atoms with van der Waals surface area (Å²) in [5.74, 6) is 0.347. The number of benzene rings is 1. The molecule has 0 saturated heterocycles. The molecule has 1 atom stereocenters. The van der Waals surface area contributed by atoms with Gasteiger partial charge in [0.05, 0.1) is 9.85 Å². The maximum Gasteiger partial charge on any atom is 0.137 e. The van der Waals surface area contributed by atoms with E-state index in [1.165, 1.54) is 25.3 Å². The van der Waals surface area contributed by atoms with Gasteiger partial charge in [0, 0.05) is 0 Å². The van der Waals surface area contributed by atoms with Gasteiger partial charge in [-0.25, -0.2) is 4.39 Å². The van der Waals surface area contributed by atoms with Gasteiger partial charge in [-0.15, -0.1) is 11.6 Å². The Morgan fingerprint density at radius 2 is 2.14 bits per heavy atom. The Labute approximate surface area is 96.6 Å². The summed E-state index contributed by atoms with van der Waals surface area (Å²) in [6, 6.07) is 5.02. The molecular weight excluding hydrogens is 266 g/mol. The van der Waals surface area contributed by atoms with Crippen molar-refractivity contribution in [1.29, 1.82) is 0 Å². The number of halogens is 3. The van der Waals surface area contributed by atoms with Crippen LogP contribution >= 0.6 is 27.5 Å². The van der Waals surface area contributed by atoms with Gasteiger partial charge in [-0.3, -0.25) is 0 Å². The lowest BCUT2D eigenvalue weighted by atomic mass is 9.80. The Hall–Kier alpha value is -0.0800. The lowest BCUT2D eigenvalue weighted by Crippen LogP contribution is -2.16. The highest BCUT2D eigenvalue weighted by atomic mass is 79.9. The molecule has 1 aliphatic rings. The quantitative estimate of drug-likeness (QED) is 0.689. The molecule has 0 radical (unpaired) electrons. The first-order valence-electron chi connectivity index (χ1n) is 4.77. The summed E-state index contributed by atoms with van der Waals surface area (Å²) in [4.78, 5) is 0. The first-order chi connectivity index (χ1) is 6.68. The molecule has 0 nitrogen and oxygen atoms in total. The molecule has 1 aromatic carbocycles. The number of hydrogen-bond acceptors (Lipinski definition) is 0. The standard InChI is InChI=1S/C11H11BrClF/c12-9-6-8(4-5-10(9)14)11(13)7-2-1-3-7/h4-7,11H,1-3H2. The minimum absolute atomic E-state index is 0.0423. The number of alkyl halides is 1. The Morgan fingerprint density at radius 1 is 1.43 bits per heavy atom. The monoisotopic (exact) mass is 276 g/mol. The summed E-state index contributed by atoms with van der Waals surface area (Å²) in [7, 11) is 0. The first kappa shape index (κ1) is 10.4. The van der Waals surface area contributed by atoms with Crippen LogP contribution in [0.1, 0.15) is 30.2 Å². The van der Waals surface area contributed by atoms with E-state index in [2.05, 4.69) is 15.9 Å². The molecule has 0 aromatic heterocycles. The van der Waals surface area contributed by atoms with Crippen molar-refractivity contribution in [2.24, 2.45) is 5.92 Å². The van der Waals surface area contributed by atoms with E-state index in [0.29, 0.717) is 10.4 Å². The predicted molar refractivity (Wildman–Crippen MR) is 60.0 cm³/mol. The normalized spacial score (nSPS) is 19.1. The fourth-order valence-corrected chi connectivity index (χ4v) is 2.47. The summed E-state index contributed by atoms with van der Waals surface area (Å²) < 4.78 is 13.5. The van der Waals surface area contributed by atoms with Gasteiger partial charge in [0.15, 0.2) is 0 Å². The van der Waals surface area contributed by atoms with E-state index in [1.807, 2.05) is 0 Å². The van der Waals surface area contributed by atoms with Gasteiger partial charge in [0.25, 0.3) is 0 Å². The number of rotatable bonds is 2. The van der Waals surface area contributed by atoms with E-state index in [1.54, 1.807) is 12.1 Å². The molecule has 3 heteroatoms. The third-order valence-corrected chi connectivity index (χ3v) is 4.04. The van der Waals surface area contributed by atoms with Crippen LogP contribution in [0.4, 0.5) is 4.39 Å². The average Bonchev–Trinajstić information content (AvgIpc) is 2.06. The van der Waals surface area contributed by atoms with Crippen LogP contribution in [0.5, 0.6) is 0 Å². The maximum atomic E-state index is 13.0. The predicted octanol–water partition coefficient (Wildman–Crippen LogP) is 4.67. The molecule has 0 bridgehead atoms. The third-order valence-electron chi connectivity index (χ3n) is 2.83. The largest absolute Gasteiger partial charge is 0.206 e. The minimum Gasteiger partial charge on any atom is -0.206 e. The van der Waals surface area contributed by atoms with E-state index >= 15 is 0 Å². The van der Waals surface area contributed by atoms with Crippen LogP contribution in [0.15, 0.2) is 22.7 Å². The fraction of sp³-hybridized carbons (Fsp3) is 0.455. The van der Waals surface area contributed by atoms with Crippen molar-refractivity contribution in [3.8, 4) is 0 Å². The molecule has 14 heavy (non-hydrogen) atoms. The molecular formula is C11H11BrClF. The Morgan fingerprint density at radius 3 is 2.64 bits per heavy atom. The van der Waals surface area contributed by atoms with Crippen molar-refractivity contribution in [1.82, 2.24) is 0 Å². The van der Waals surface area contributed by atoms with Gasteiger partial charge < -0.3 is 0 Å². The van der Waals surface area contributed by atoms with Crippen LogP contribution in [0.2, 0.25) is 0 Å². The van der Waals surface area contributed by atoms with Crippen LogP contribution in [0, 0.1) is 11.7 Å². The van der Waals surface area contributed by atoms with Crippen LogP contribution in [-0.4, -0.2) is 0 Å². The number of hydrogen-bond donors (Lipinski definition) is 0. The highest BCUT2D eigenvalue weighted by Gasteiger charge is 2.26. The van der Waals surface area contributed by atoms with Crippen molar-refractivity contribution in [2.45, 2.75) is 24.6 Å². The first-order valence-corrected chi connectivity index (χ1v) is 6.00. The van der Waals surface area contributed by atoms with E-state index in [-0.39, 0.29) is 11.2 Å². The summed E-state index contributed by atoms with van der Waals surface area (Å²) in [5, 5.41) is 0.0423. The molecule has 0 amide bonds. The Bertz CT molecular complexity index is 336. The van der Waals surface area contributed by atoms with Crippen molar-refractivity contribution in [3.05, 3.63) is 34.1 Å².